The van der Waals surface area contributed by atoms with Gasteiger partial charge in [0.1, 0.15) is 24.0 Å². The summed E-state index contributed by atoms with van der Waals surface area (Å²) < 4.78 is 40.9. The Morgan fingerprint density at radius 2 is 1.95 bits per heavy atom. The van der Waals surface area contributed by atoms with Crippen molar-refractivity contribution in [3.05, 3.63) is 94.1 Å². The van der Waals surface area contributed by atoms with Gasteiger partial charge in [-0.2, -0.15) is 17.9 Å². The minimum atomic E-state index is -4.62. The van der Waals surface area contributed by atoms with Crippen molar-refractivity contribution in [3.8, 4) is 0 Å². The zero-order valence-corrected chi connectivity index (χ0v) is 21.9. The van der Waals surface area contributed by atoms with Gasteiger partial charge in [-0.15, -0.1) is 0 Å². The van der Waals surface area contributed by atoms with E-state index in [9.17, 15) is 32.8 Å². The monoisotopic (exact) mass is 565 g/mol. The Morgan fingerprint density at radius 1 is 1.20 bits per heavy atom. The number of nitrogens with zero attached hydrogens (tertiary/aromatic N) is 3. The van der Waals surface area contributed by atoms with Crippen LogP contribution in [-0.4, -0.2) is 52.4 Å². The largest absolute Gasteiger partial charge is 0.618 e. The summed E-state index contributed by atoms with van der Waals surface area (Å²) in [5, 5.41) is 18.4. The number of alkyl halides is 3. The quantitative estimate of drug-likeness (QED) is 0.373. The number of likely N-dealkylation sites (tertiary alicyclic amines) is 1. The third kappa shape index (κ3) is 4.56. The molecular weight excluding hydrogens is 539 g/mol. The molecule has 3 amide bonds. The van der Waals surface area contributed by atoms with Gasteiger partial charge in [-0.1, -0.05) is 36.4 Å². The van der Waals surface area contributed by atoms with E-state index in [0.717, 1.165) is 16.7 Å². The van der Waals surface area contributed by atoms with Gasteiger partial charge in [0.15, 0.2) is 11.9 Å². The Bertz CT molecular complexity index is 1560. The summed E-state index contributed by atoms with van der Waals surface area (Å²) in [4.78, 5) is 44.5. The van der Waals surface area contributed by atoms with E-state index < -0.39 is 48.0 Å². The summed E-state index contributed by atoms with van der Waals surface area (Å²) in [6, 6.07) is 11.9. The van der Waals surface area contributed by atoms with E-state index in [-0.39, 0.29) is 30.7 Å². The molecule has 1 saturated heterocycles. The number of carbonyl (C=O) groups excluding carboxylic acids is 3. The van der Waals surface area contributed by atoms with Gasteiger partial charge in [0.2, 0.25) is 11.8 Å². The Morgan fingerprint density at radius 3 is 2.68 bits per heavy atom. The van der Waals surface area contributed by atoms with E-state index in [2.05, 4.69) is 15.6 Å². The van der Waals surface area contributed by atoms with Gasteiger partial charge < -0.3 is 20.7 Å². The number of pyridine rings is 2. The number of aromatic nitrogens is 2. The van der Waals surface area contributed by atoms with Crippen LogP contribution in [0.3, 0.4) is 0 Å². The average molecular weight is 566 g/mol. The van der Waals surface area contributed by atoms with Crippen LogP contribution in [0, 0.1) is 5.21 Å². The van der Waals surface area contributed by atoms with Crippen LogP contribution in [0.25, 0.3) is 0 Å². The van der Waals surface area contributed by atoms with E-state index >= 15 is 0 Å². The topological polar surface area (TPSA) is 118 Å². The van der Waals surface area contributed by atoms with E-state index in [0.29, 0.717) is 27.4 Å². The molecule has 212 valence electrons. The molecule has 12 heteroatoms. The van der Waals surface area contributed by atoms with Crippen molar-refractivity contribution in [2.45, 2.75) is 55.8 Å². The molecule has 2 aromatic heterocycles. The number of halogens is 3. The van der Waals surface area contributed by atoms with Gasteiger partial charge >= 0.3 is 6.18 Å². The molecule has 0 bridgehead atoms. The SMILES string of the molecule is C[C@@H]1[C@H](c2ccccc2)C[C@H](NC(=O)c2cc3c([n+]([O-])c2)C[C@]2(C3)C(=O)Nc3ncccc32)C(=O)N1CC(F)(F)F. The Balaban J connectivity index is 1.27. The summed E-state index contributed by atoms with van der Waals surface area (Å²) in [7, 11) is 0. The van der Waals surface area contributed by atoms with Crippen LogP contribution in [0.15, 0.2) is 60.9 Å². The Labute approximate surface area is 233 Å². The summed E-state index contributed by atoms with van der Waals surface area (Å²) in [5.41, 5.74) is 1.20. The second kappa shape index (κ2) is 9.57. The summed E-state index contributed by atoms with van der Waals surface area (Å²) in [6.07, 6.45) is -1.60. The lowest BCUT2D eigenvalue weighted by Gasteiger charge is -2.43. The van der Waals surface area contributed by atoms with E-state index in [4.69, 9.17) is 0 Å². The van der Waals surface area contributed by atoms with Crippen molar-refractivity contribution in [2.75, 3.05) is 11.9 Å². The molecule has 9 nitrogen and oxygen atoms in total. The molecule has 1 fully saturated rings. The molecule has 4 heterocycles. The normalized spacial score (nSPS) is 25.2. The fraction of sp³-hybridized carbons (Fsp3) is 0.345. The number of nitrogens with one attached hydrogen (secondary N) is 2. The molecule has 0 saturated carbocycles. The number of benzene rings is 1. The zero-order valence-electron chi connectivity index (χ0n) is 21.9. The van der Waals surface area contributed by atoms with Gasteiger partial charge in [0, 0.05) is 29.3 Å². The predicted octanol–water partition coefficient (Wildman–Crippen LogP) is 2.77. The van der Waals surface area contributed by atoms with Crippen molar-refractivity contribution >= 4 is 23.5 Å². The second-order valence-electron chi connectivity index (χ2n) is 10.9. The molecular formula is C29H26F3N5O4. The van der Waals surface area contributed by atoms with E-state index in [1.54, 1.807) is 55.6 Å². The van der Waals surface area contributed by atoms with E-state index in [1.165, 1.54) is 6.07 Å². The number of fused-ring (bicyclic) bond motifs is 3. The number of hydrogen-bond acceptors (Lipinski definition) is 5. The molecule has 3 aromatic rings. The molecule has 1 aliphatic carbocycles. The molecule has 0 unspecified atom stereocenters. The maximum absolute atomic E-state index is 13.4. The Hall–Kier alpha value is -4.48. The molecule has 6 rings (SSSR count). The van der Waals surface area contributed by atoms with Crippen LogP contribution in [0.5, 0.6) is 0 Å². The minimum Gasteiger partial charge on any atom is -0.618 e. The smallest absolute Gasteiger partial charge is 0.406 e. The third-order valence-electron chi connectivity index (χ3n) is 8.46. The maximum atomic E-state index is 13.4. The van der Waals surface area contributed by atoms with Crippen LogP contribution in [0.1, 0.15) is 52.0 Å². The standard InChI is InChI=1S/C29H26F3N5O4/c1-16-20(17-6-3-2-4-7-17)11-22(26(39)36(16)15-29(30,31)32)34-25(38)19-10-18-12-28(13-23(18)37(41)14-19)21-8-5-9-33-24(21)35-27(28)40/h2-10,14,16,20,22H,11-13,15H2,1H3,(H,34,38)(H,33,35,40)/t16-,20-,22+,28+/m1/s1. The lowest BCUT2D eigenvalue weighted by Crippen LogP contribution is -2.59. The van der Waals surface area contributed by atoms with Gasteiger partial charge in [-0.05, 0) is 37.5 Å². The van der Waals surface area contributed by atoms with Crippen LogP contribution in [-0.2, 0) is 27.8 Å². The molecule has 1 spiro atoms. The summed E-state index contributed by atoms with van der Waals surface area (Å²) in [6.45, 7) is 0.130. The first-order valence-corrected chi connectivity index (χ1v) is 13.2. The van der Waals surface area contributed by atoms with Crippen LogP contribution in [0.2, 0.25) is 0 Å². The van der Waals surface area contributed by atoms with Crippen LogP contribution >= 0.6 is 0 Å². The first-order valence-electron chi connectivity index (χ1n) is 13.2. The van der Waals surface area contributed by atoms with Crippen molar-refractivity contribution in [2.24, 2.45) is 0 Å². The number of rotatable bonds is 4. The van der Waals surface area contributed by atoms with Gasteiger partial charge in [-0.3, -0.25) is 14.4 Å². The lowest BCUT2D eigenvalue weighted by atomic mass is 9.80. The average Bonchev–Trinajstić information content (AvgIpc) is 3.46. The molecule has 41 heavy (non-hydrogen) atoms. The molecule has 0 radical (unpaired) electrons. The van der Waals surface area contributed by atoms with Crippen molar-refractivity contribution in [1.82, 2.24) is 15.2 Å². The molecule has 3 aliphatic rings. The first-order chi connectivity index (χ1) is 19.5. The van der Waals surface area contributed by atoms with Crippen LogP contribution < -0.4 is 15.4 Å². The fourth-order valence-corrected chi connectivity index (χ4v) is 6.45. The van der Waals surface area contributed by atoms with E-state index in [1.807, 2.05) is 0 Å². The minimum absolute atomic E-state index is 0.0503. The second-order valence-corrected chi connectivity index (χ2v) is 10.9. The number of amides is 3. The number of piperidine rings is 1. The highest BCUT2D eigenvalue weighted by Gasteiger charge is 2.54. The molecule has 4 atom stereocenters. The third-order valence-corrected chi connectivity index (χ3v) is 8.46. The predicted molar refractivity (Wildman–Crippen MR) is 140 cm³/mol. The van der Waals surface area contributed by atoms with Crippen LogP contribution in [0.4, 0.5) is 19.0 Å². The highest BCUT2D eigenvalue weighted by Crippen LogP contribution is 2.45. The highest BCUT2D eigenvalue weighted by atomic mass is 19.4. The van der Waals surface area contributed by atoms with Gasteiger partial charge in [-0.25, -0.2) is 4.98 Å². The molecule has 2 aliphatic heterocycles. The van der Waals surface area contributed by atoms with Gasteiger partial charge in [0.25, 0.3) is 5.91 Å². The zero-order chi connectivity index (χ0) is 29.1. The first kappa shape index (κ1) is 26.7. The summed E-state index contributed by atoms with van der Waals surface area (Å²) >= 11 is 0. The highest BCUT2D eigenvalue weighted by molar-refractivity contribution is 6.06. The summed E-state index contributed by atoms with van der Waals surface area (Å²) in [5.74, 6) is -1.91. The number of hydrogen-bond donors (Lipinski definition) is 2. The van der Waals surface area contributed by atoms with Crippen molar-refractivity contribution < 1.29 is 32.3 Å². The number of carbonyl (C=O) groups is 3. The molecule has 1 aromatic carbocycles. The Kier molecular flexibility index (Phi) is 6.24. The van der Waals surface area contributed by atoms with Gasteiger partial charge in [0.05, 0.1) is 11.8 Å². The number of anilines is 1. The fourth-order valence-electron chi connectivity index (χ4n) is 6.45. The lowest BCUT2D eigenvalue weighted by molar-refractivity contribution is -0.614. The maximum Gasteiger partial charge on any atom is 0.406 e. The molecule has 2 N–H and O–H groups in total. The van der Waals surface area contributed by atoms with Crippen molar-refractivity contribution in [1.29, 1.82) is 0 Å². The van der Waals surface area contributed by atoms with Crippen molar-refractivity contribution in [3.63, 3.8) is 0 Å².